The van der Waals surface area contributed by atoms with Crippen molar-refractivity contribution in [3.05, 3.63) is 90.0 Å². The second-order valence-electron chi connectivity index (χ2n) is 5.65. The molecule has 0 amide bonds. The van der Waals surface area contributed by atoms with Crippen LogP contribution in [-0.2, 0) is 6.54 Å². The van der Waals surface area contributed by atoms with Crippen LogP contribution in [-0.4, -0.2) is 18.5 Å². The molecule has 0 bridgehead atoms. The molecule has 0 saturated heterocycles. The van der Waals surface area contributed by atoms with Gasteiger partial charge in [0.1, 0.15) is 0 Å². The summed E-state index contributed by atoms with van der Waals surface area (Å²) in [5.74, 6) is 0. The third-order valence-electron chi connectivity index (χ3n) is 3.85. The van der Waals surface area contributed by atoms with Gasteiger partial charge in [-0.2, -0.15) is 0 Å². The molecule has 0 heterocycles. The van der Waals surface area contributed by atoms with Gasteiger partial charge < -0.3 is 12.4 Å². The van der Waals surface area contributed by atoms with Gasteiger partial charge in [-0.1, -0.05) is 84.9 Å². The maximum absolute atomic E-state index is 2.33. The van der Waals surface area contributed by atoms with Gasteiger partial charge in [-0.3, -0.25) is 4.90 Å². The van der Waals surface area contributed by atoms with Gasteiger partial charge in [0, 0.05) is 13.1 Å². The molecule has 118 valence electrons. The summed E-state index contributed by atoms with van der Waals surface area (Å²) in [5.41, 5.74) is 2.63. The first-order valence-electron chi connectivity index (χ1n) is 7.70. The zero-order chi connectivity index (χ0) is 15.2. The second kappa shape index (κ2) is 8.52. The summed E-state index contributed by atoms with van der Waals surface area (Å²) in [6.07, 6.45) is 4.40. The zero-order valence-corrected chi connectivity index (χ0v) is 14.1. The molecule has 3 aromatic rings. The summed E-state index contributed by atoms with van der Waals surface area (Å²) in [4.78, 5) is 2.33. The molecule has 0 unspecified atom stereocenters. The van der Waals surface area contributed by atoms with Gasteiger partial charge in [0.05, 0.1) is 0 Å². The third kappa shape index (κ3) is 4.69. The molecule has 3 aromatic carbocycles. The molecule has 0 atom stereocenters. The quantitative estimate of drug-likeness (QED) is 0.694. The standard InChI is InChI=1S/C21H21N.ClH/c1-22(16-8-11-18-9-3-2-4-10-18)17-20-14-7-13-19-12-5-6-15-21(19)20;/h2-15H,16-17H2,1H3;1H/p-1/b11-8+;. The van der Waals surface area contributed by atoms with Crippen molar-refractivity contribution in [2.24, 2.45) is 0 Å². The molecule has 0 radical (unpaired) electrons. The minimum atomic E-state index is 0. The zero-order valence-electron chi connectivity index (χ0n) is 13.3. The van der Waals surface area contributed by atoms with Crippen LogP contribution >= 0.6 is 0 Å². The van der Waals surface area contributed by atoms with Crippen molar-refractivity contribution >= 4 is 16.8 Å². The fourth-order valence-electron chi connectivity index (χ4n) is 2.72. The summed E-state index contributed by atoms with van der Waals surface area (Å²) in [6.45, 7) is 1.90. The molecule has 0 N–H and O–H groups in total. The van der Waals surface area contributed by atoms with Crippen LogP contribution in [0.15, 0.2) is 78.9 Å². The van der Waals surface area contributed by atoms with Crippen LogP contribution in [0, 0.1) is 0 Å². The Labute approximate surface area is 144 Å². The lowest BCUT2D eigenvalue weighted by atomic mass is 10.0. The van der Waals surface area contributed by atoms with E-state index in [9.17, 15) is 0 Å². The number of rotatable bonds is 5. The van der Waals surface area contributed by atoms with E-state index in [2.05, 4.69) is 90.8 Å². The lowest BCUT2D eigenvalue weighted by molar-refractivity contribution is -0.00000435. The molecular weight excluding hydrogens is 302 g/mol. The van der Waals surface area contributed by atoms with Gasteiger partial charge in [-0.05, 0) is 28.9 Å². The van der Waals surface area contributed by atoms with E-state index in [1.165, 1.54) is 21.9 Å². The fraction of sp³-hybridized carbons (Fsp3) is 0.143. The highest BCUT2D eigenvalue weighted by atomic mass is 35.5. The summed E-state index contributed by atoms with van der Waals surface area (Å²) in [5, 5.41) is 2.66. The maximum atomic E-state index is 2.33. The normalized spacial score (nSPS) is 11.0. The first kappa shape index (κ1) is 17.3. The minimum absolute atomic E-state index is 0. The number of likely N-dealkylation sites (N-methyl/N-ethyl adjacent to an activating group) is 1. The Bertz CT molecular complexity index is 760. The van der Waals surface area contributed by atoms with E-state index in [0.29, 0.717) is 0 Å². The molecule has 0 aromatic heterocycles. The summed E-state index contributed by atoms with van der Waals surface area (Å²) < 4.78 is 0. The Kier molecular flexibility index (Phi) is 6.40. The van der Waals surface area contributed by atoms with Crippen molar-refractivity contribution < 1.29 is 12.4 Å². The van der Waals surface area contributed by atoms with E-state index in [1.54, 1.807) is 0 Å². The van der Waals surface area contributed by atoms with Gasteiger partial charge >= 0.3 is 0 Å². The van der Waals surface area contributed by atoms with Gasteiger partial charge in [0.15, 0.2) is 0 Å². The van der Waals surface area contributed by atoms with Gasteiger partial charge in [0.25, 0.3) is 0 Å². The van der Waals surface area contributed by atoms with Crippen LogP contribution in [0.1, 0.15) is 11.1 Å². The Morgan fingerprint density at radius 3 is 2.35 bits per heavy atom. The van der Waals surface area contributed by atoms with Crippen molar-refractivity contribution in [3.63, 3.8) is 0 Å². The monoisotopic (exact) mass is 322 g/mol. The van der Waals surface area contributed by atoms with E-state index >= 15 is 0 Å². The molecule has 2 heteroatoms. The van der Waals surface area contributed by atoms with Gasteiger partial charge in [0.2, 0.25) is 0 Å². The molecule has 0 aliphatic carbocycles. The lowest BCUT2D eigenvalue weighted by Crippen LogP contribution is -3.00. The molecule has 3 rings (SSSR count). The summed E-state index contributed by atoms with van der Waals surface area (Å²) >= 11 is 0. The van der Waals surface area contributed by atoms with E-state index in [4.69, 9.17) is 0 Å². The minimum Gasteiger partial charge on any atom is -1.00 e. The van der Waals surface area contributed by atoms with Crippen LogP contribution < -0.4 is 12.4 Å². The predicted octanol–water partition coefficient (Wildman–Crippen LogP) is 1.99. The van der Waals surface area contributed by atoms with Crippen LogP contribution in [0.5, 0.6) is 0 Å². The maximum Gasteiger partial charge on any atom is 0.0240 e. The molecule has 23 heavy (non-hydrogen) atoms. The lowest BCUT2D eigenvalue weighted by Gasteiger charge is -2.16. The number of nitrogens with zero attached hydrogens (tertiary/aromatic N) is 1. The van der Waals surface area contributed by atoms with E-state index in [1.807, 2.05) is 6.07 Å². The Hall–Kier alpha value is -2.09. The first-order chi connectivity index (χ1) is 10.8. The highest BCUT2D eigenvalue weighted by Gasteiger charge is 2.03. The second-order valence-corrected chi connectivity index (χ2v) is 5.65. The van der Waals surface area contributed by atoms with Gasteiger partial charge in [-0.15, -0.1) is 0 Å². The molecule has 0 fully saturated rings. The van der Waals surface area contributed by atoms with Crippen molar-refractivity contribution in [1.29, 1.82) is 0 Å². The van der Waals surface area contributed by atoms with Gasteiger partial charge in [-0.25, -0.2) is 0 Å². The highest BCUT2D eigenvalue weighted by molar-refractivity contribution is 5.85. The average Bonchev–Trinajstić information content (AvgIpc) is 2.56. The number of benzene rings is 3. The van der Waals surface area contributed by atoms with E-state index in [0.717, 1.165) is 13.1 Å². The van der Waals surface area contributed by atoms with Crippen molar-refractivity contribution in [2.45, 2.75) is 6.54 Å². The fourth-order valence-corrected chi connectivity index (χ4v) is 2.72. The molecule has 0 saturated carbocycles. The summed E-state index contributed by atoms with van der Waals surface area (Å²) in [6, 6.07) is 25.6. The highest BCUT2D eigenvalue weighted by Crippen LogP contribution is 2.19. The van der Waals surface area contributed by atoms with Crippen LogP contribution in [0.25, 0.3) is 16.8 Å². The van der Waals surface area contributed by atoms with Crippen LogP contribution in [0.2, 0.25) is 0 Å². The SMILES string of the molecule is CN(C/C=C/c1ccccc1)Cc1cccc2ccccc12.[Cl-]. The molecule has 1 nitrogen and oxygen atoms in total. The smallest absolute Gasteiger partial charge is 0.0240 e. The van der Waals surface area contributed by atoms with Crippen LogP contribution in [0.4, 0.5) is 0 Å². The van der Waals surface area contributed by atoms with Crippen molar-refractivity contribution in [2.75, 3.05) is 13.6 Å². The Morgan fingerprint density at radius 1 is 0.826 bits per heavy atom. The Morgan fingerprint density at radius 2 is 1.52 bits per heavy atom. The van der Waals surface area contributed by atoms with Crippen molar-refractivity contribution in [3.8, 4) is 0 Å². The molecular formula is C21H21ClN-. The average molecular weight is 323 g/mol. The van der Waals surface area contributed by atoms with E-state index < -0.39 is 0 Å². The number of hydrogen-bond acceptors (Lipinski definition) is 1. The van der Waals surface area contributed by atoms with Crippen LogP contribution in [0.3, 0.4) is 0 Å². The number of hydrogen-bond donors (Lipinski definition) is 0. The third-order valence-corrected chi connectivity index (χ3v) is 3.85. The predicted molar refractivity (Wildman–Crippen MR) is 95.8 cm³/mol. The first-order valence-corrected chi connectivity index (χ1v) is 7.70. The molecule has 0 aliphatic rings. The summed E-state index contributed by atoms with van der Waals surface area (Å²) in [7, 11) is 2.16. The number of fused-ring (bicyclic) bond motifs is 1. The number of halogens is 1. The molecule has 0 aliphatic heterocycles. The largest absolute Gasteiger partial charge is 1.00 e. The topological polar surface area (TPSA) is 3.24 Å². The molecule has 0 spiro atoms. The Balaban J connectivity index is 0.00000192. The van der Waals surface area contributed by atoms with E-state index in [-0.39, 0.29) is 12.4 Å². The van der Waals surface area contributed by atoms with Crippen molar-refractivity contribution in [1.82, 2.24) is 4.90 Å².